The lowest BCUT2D eigenvalue weighted by atomic mass is 9.84. The largest absolute Gasteiger partial charge is 0.261 e. The molecule has 6 aromatic rings. The number of rotatable bonds is 1. The van der Waals surface area contributed by atoms with Crippen molar-refractivity contribution in [1.82, 2.24) is 4.98 Å². The predicted octanol–water partition coefficient (Wildman–Crippen LogP) is 6.75. The third-order valence-electron chi connectivity index (χ3n) is 8.30. The number of benzene rings is 2. The number of halogens is 1. The summed E-state index contributed by atoms with van der Waals surface area (Å²) in [7, 11) is 0. The summed E-state index contributed by atoms with van der Waals surface area (Å²) in [5.41, 5.74) is 11.7. The van der Waals surface area contributed by atoms with E-state index in [1.165, 1.54) is 59.1 Å². The molecule has 176 valence electrons. The first-order valence-electron chi connectivity index (χ1n) is 12.8. The van der Waals surface area contributed by atoms with Gasteiger partial charge in [0.25, 0.3) is 5.69 Å². The van der Waals surface area contributed by atoms with Crippen molar-refractivity contribution in [2.45, 2.75) is 25.3 Å². The molecule has 1 aliphatic carbocycles. The van der Waals surface area contributed by atoms with E-state index >= 15 is 0 Å². The van der Waals surface area contributed by atoms with E-state index in [4.69, 9.17) is 4.98 Å². The Kier molecular flexibility index (Phi) is 4.59. The van der Waals surface area contributed by atoms with Gasteiger partial charge in [0.15, 0.2) is 12.4 Å². The van der Waals surface area contributed by atoms with Gasteiger partial charge in [0.05, 0.1) is 22.6 Å². The summed E-state index contributed by atoms with van der Waals surface area (Å²) in [6.45, 7) is 2.21. The second-order valence-electron chi connectivity index (χ2n) is 10.2. The molecular formula is C33H24IN3+2. The average molecular weight is 589 g/mol. The highest BCUT2D eigenvalue weighted by molar-refractivity contribution is 14.1. The Hall–Kier alpha value is -3.64. The van der Waals surface area contributed by atoms with Crippen LogP contribution in [-0.4, -0.2) is 4.98 Å². The summed E-state index contributed by atoms with van der Waals surface area (Å²) in [6, 6.07) is 31.3. The number of pyridine rings is 4. The maximum Gasteiger partial charge on any atom is 0.261 e. The molecule has 8 rings (SSSR count). The zero-order valence-electron chi connectivity index (χ0n) is 20.4. The second-order valence-corrected chi connectivity index (χ2v) is 11.5. The number of aromatic nitrogens is 3. The van der Waals surface area contributed by atoms with Crippen molar-refractivity contribution in [2.75, 3.05) is 0 Å². The molecule has 1 aliphatic heterocycles. The van der Waals surface area contributed by atoms with E-state index in [0.29, 0.717) is 5.92 Å². The maximum absolute atomic E-state index is 4.71. The summed E-state index contributed by atoms with van der Waals surface area (Å²) < 4.78 is 6.27. The first-order chi connectivity index (χ1) is 18.2. The van der Waals surface area contributed by atoms with Gasteiger partial charge in [-0.25, -0.2) is 0 Å². The number of fused-ring (bicyclic) bond motifs is 13. The predicted molar refractivity (Wildman–Crippen MR) is 154 cm³/mol. The third-order valence-corrected chi connectivity index (χ3v) is 8.97. The standard InChI is InChI=1S/C33H24IN3/c1-20-16-31-25-17-21(34)12-13-23(25)27-18-26-22-8-2-3-9-24(22)30-11-5-7-15-36(30)32(26)33(27)37(31)19-28(20)29-10-4-6-14-35-29/h2-17,19,26,32H,18H2,1H3/q+2. The van der Waals surface area contributed by atoms with Crippen molar-refractivity contribution in [3.8, 4) is 22.5 Å². The molecule has 0 fully saturated rings. The van der Waals surface area contributed by atoms with E-state index in [-0.39, 0.29) is 6.04 Å². The van der Waals surface area contributed by atoms with Crippen LogP contribution in [0.2, 0.25) is 0 Å². The fourth-order valence-electron chi connectivity index (χ4n) is 6.77. The fourth-order valence-corrected chi connectivity index (χ4v) is 7.26. The van der Waals surface area contributed by atoms with Crippen LogP contribution in [0.5, 0.6) is 0 Å². The van der Waals surface area contributed by atoms with Gasteiger partial charge in [0.1, 0.15) is 0 Å². The van der Waals surface area contributed by atoms with Gasteiger partial charge in [-0.15, -0.1) is 0 Å². The Morgan fingerprint density at radius 3 is 2.62 bits per heavy atom. The summed E-state index contributed by atoms with van der Waals surface area (Å²) in [4.78, 5) is 4.71. The van der Waals surface area contributed by atoms with Gasteiger partial charge in [-0.1, -0.05) is 30.3 Å². The quantitative estimate of drug-likeness (QED) is 0.118. The molecule has 5 heterocycles. The van der Waals surface area contributed by atoms with Crippen LogP contribution in [0.4, 0.5) is 0 Å². The van der Waals surface area contributed by atoms with Crippen LogP contribution in [0.1, 0.15) is 34.3 Å². The molecule has 4 aromatic heterocycles. The molecular weight excluding hydrogens is 565 g/mol. The first kappa shape index (κ1) is 21.4. The number of nitrogens with zero attached hydrogens (tertiary/aromatic N) is 3. The van der Waals surface area contributed by atoms with E-state index in [1.54, 1.807) is 0 Å². The molecule has 0 radical (unpaired) electrons. The van der Waals surface area contributed by atoms with Crippen molar-refractivity contribution in [2.24, 2.45) is 0 Å². The molecule has 4 heteroatoms. The minimum atomic E-state index is 0.233. The summed E-state index contributed by atoms with van der Waals surface area (Å²) >= 11 is 2.44. The van der Waals surface area contributed by atoms with Crippen molar-refractivity contribution in [3.63, 3.8) is 0 Å². The average Bonchev–Trinajstić information content (AvgIpc) is 3.35. The molecule has 2 aromatic carbocycles. The lowest BCUT2D eigenvalue weighted by Gasteiger charge is -2.24. The van der Waals surface area contributed by atoms with Gasteiger partial charge in [0.2, 0.25) is 17.3 Å². The highest BCUT2D eigenvalue weighted by Gasteiger charge is 2.52. The highest BCUT2D eigenvalue weighted by Crippen LogP contribution is 2.49. The molecule has 2 unspecified atom stereocenters. The van der Waals surface area contributed by atoms with Crippen molar-refractivity contribution >= 4 is 38.9 Å². The van der Waals surface area contributed by atoms with Crippen LogP contribution in [0.25, 0.3) is 38.8 Å². The third kappa shape index (κ3) is 3.02. The molecule has 2 atom stereocenters. The van der Waals surface area contributed by atoms with Crippen LogP contribution in [0.3, 0.4) is 0 Å². The normalized spacial score (nSPS) is 17.4. The maximum atomic E-state index is 4.71. The Labute approximate surface area is 229 Å². The van der Waals surface area contributed by atoms with Gasteiger partial charge < -0.3 is 0 Å². The van der Waals surface area contributed by atoms with Crippen LogP contribution in [0.15, 0.2) is 104 Å². The van der Waals surface area contributed by atoms with Crippen molar-refractivity contribution in [1.29, 1.82) is 0 Å². The molecule has 2 aliphatic rings. The zero-order chi connectivity index (χ0) is 24.7. The zero-order valence-corrected chi connectivity index (χ0v) is 22.6. The Morgan fingerprint density at radius 2 is 1.73 bits per heavy atom. The minimum Gasteiger partial charge on any atom is -0.256 e. The van der Waals surface area contributed by atoms with E-state index in [2.05, 4.69) is 130 Å². The topological polar surface area (TPSA) is 20.9 Å². The molecule has 0 bridgehead atoms. The Bertz CT molecular complexity index is 1890. The number of aryl methyl sites for hydroxylation is 1. The van der Waals surface area contributed by atoms with Crippen molar-refractivity contribution in [3.05, 3.63) is 129 Å². The fraction of sp³-hybridized carbons (Fsp3) is 0.121. The van der Waals surface area contributed by atoms with Gasteiger partial charge in [-0.05, 0) is 88.8 Å². The molecule has 0 saturated heterocycles. The molecule has 0 saturated carbocycles. The van der Waals surface area contributed by atoms with E-state index in [9.17, 15) is 0 Å². The van der Waals surface area contributed by atoms with E-state index < -0.39 is 0 Å². The van der Waals surface area contributed by atoms with Crippen molar-refractivity contribution < 1.29 is 8.97 Å². The Morgan fingerprint density at radius 1 is 0.865 bits per heavy atom. The summed E-state index contributed by atoms with van der Waals surface area (Å²) in [6.07, 6.45) is 7.54. The second kappa shape index (κ2) is 7.93. The van der Waals surface area contributed by atoms with Crippen LogP contribution >= 0.6 is 22.6 Å². The number of hydrogen-bond donors (Lipinski definition) is 0. The molecule has 0 amide bonds. The molecule has 37 heavy (non-hydrogen) atoms. The van der Waals surface area contributed by atoms with Gasteiger partial charge in [0, 0.05) is 39.1 Å². The summed E-state index contributed by atoms with van der Waals surface area (Å²) in [5.74, 6) is 0.395. The van der Waals surface area contributed by atoms with Gasteiger partial charge >= 0.3 is 0 Å². The lowest BCUT2D eigenvalue weighted by Crippen LogP contribution is -2.49. The van der Waals surface area contributed by atoms with Gasteiger partial charge in [-0.2, -0.15) is 8.97 Å². The first-order valence-corrected chi connectivity index (χ1v) is 13.9. The smallest absolute Gasteiger partial charge is 0.256 e. The van der Waals surface area contributed by atoms with Gasteiger partial charge in [-0.3, -0.25) is 4.98 Å². The monoisotopic (exact) mass is 589 g/mol. The Balaban J connectivity index is 1.52. The number of hydrogen-bond acceptors (Lipinski definition) is 1. The summed E-state index contributed by atoms with van der Waals surface area (Å²) in [5, 5.41) is 2.71. The van der Waals surface area contributed by atoms with E-state index in [0.717, 1.165) is 12.1 Å². The van der Waals surface area contributed by atoms with Crippen LogP contribution in [0, 0.1) is 10.5 Å². The lowest BCUT2D eigenvalue weighted by molar-refractivity contribution is -0.724. The molecule has 3 nitrogen and oxygen atoms in total. The highest BCUT2D eigenvalue weighted by atomic mass is 127. The SMILES string of the molecule is Cc1cc2c3cc(I)ccc3c3c([n+]2cc1-c1ccccn1)C1C(C3)c2ccccc2-c2cccc[n+]21. The molecule has 0 N–H and O–H groups in total. The van der Waals surface area contributed by atoms with Crippen LogP contribution in [-0.2, 0) is 6.42 Å². The minimum absolute atomic E-state index is 0.233. The van der Waals surface area contributed by atoms with E-state index in [1.807, 2.05) is 12.3 Å². The molecule has 0 spiro atoms. The van der Waals surface area contributed by atoms with Crippen LogP contribution < -0.4 is 8.97 Å².